The molecule has 26 heavy (non-hydrogen) atoms. The molecule has 0 aliphatic carbocycles. The highest BCUT2D eigenvalue weighted by molar-refractivity contribution is 5.94. The monoisotopic (exact) mass is 357 g/mol. The van der Waals surface area contributed by atoms with Crippen molar-refractivity contribution in [3.8, 4) is 17.2 Å². The molecule has 0 fully saturated rings. The Kier molecular flexibility index (Phi) is 7.02. The molecule has 0 aromatic heterocycles. The molecule has 6 nitrogen and oxygen atoms in total. The molecule has 0 atom stereocenters. The Hall–Kier alpha value is -3.02. The topological polar surface area (TPSA) is 73.9 Å². The van der Waals surface area contributed by atoms with E-state index >= 15 is 0 Å². The zero-order valence-corrected chi connectivity index (χ0v) is 15.2. The molecule has 0 bridgehead atoms. The third kappa shape index (κ3) is 5.51. The maximum atomic E-state index is 12.2. The Morgan fingerprint density at radius 1 is 0.885 bits per heavy atom. The van der Waals surface area contributed by atoms with Crippen molar-refractivity contribution in [1.82, 2.24) is 0 Å². The van der Waals surface area contributed by atoms with Crippen LogP contribution in [0.3, 0.4) is 0 Å². The largest absolute Gasteiger partial charge is 0.494 e. The van der Waals surface area contributed by atoms with E-state index in [4.69, 9.17) is 14.2 Å². The molecule has 0 aliphatic rings. The van der Waals surface area contributed by atoms with E-state index in [0.29, 0.717) is 41.7 Å². The highest BCUT2D eigenvalue weighted by Crippen LogP contribution is 2.29. The average Bonchev–Trinajstić information content (AvgIpc) is 2.63. The van der Waals surface area contributed by atoms with Gasteiger partial charge in [0.15, 0.2) is 12.4 Å². The fraction of sp³-hybridized carbons (Fsp3) is 0.300. The van der Waals surface area contributed by atoms with Crippen LogP contribution in [0.25, 0.3) is 0 Å². The van der Waals surface area contributed by atoms with Crippen molar-refractivity contribution < 1.29 is 23.8 Å². The fourth-order valence-electron chi connectivity index (χ4n) is 2.27. The summed E-state index contributed by atoms with van der Waals surface area (Å²) in [4.78, 5) is 23.5. The van der Waals surface area contributed by atoms with E-state index in [1.165, 1.54) is 6.92 Å². The third-order valence-electron chi connectivity index (χ3n) is 3.47. The Labute approximate surface area is 153 Å². The first-order valence-corrected chi connectivity index (χ1v) is 8.46. The van der Waals surface area contributed by atoms with Crippen LogP contribution in [-0.4, -0.2) is 31.5 Å². The smallest absolute Gasteiger partial charge is 0.262 e. The Morgan fingerprint density at radius 3 is 2.15 bits per heavy atom. The molecule has 0 heterocycles. The number of ketones is 1. The molecule has 0 saturated heterocycles. The molecule has 1 amide bonds. The number of nitrogens with one attached hydrogen (secondary N) is 1. The number of carbonyl (C=O) groups is 2. The molecule has 0 spiro atoms. The first kappa shape index (κ1) is 19.3. The minimum Gasteiger partial charge on any atom is -0.494 e. The lowest BCUT2D eigenvalue weighted by Gasteiger charge is -2.14. The molecule has 138 valence electrons. The Morgan fingerprint density at radius 2 is 1.54 bits per heavy atom. The van der Waals surface area contributed by atoms with Crippen molar-refractivity contribution in [2.75, 3.05) is 25.1 Å². The molecule has 1 N–H and O–H groups in total. The van der Waals surface area contributed by atoms with Gasteiger partial charge in [-0.1, -0.05) is 0 Å². The van der Waals surface area contributed by atoms with Gasteiger partial charge in [-0.3, -0.25) is 9.59 Å². The van der Waals surface area contributed by atoms with E-state index in [1.807, 2.05) is 13.8 Å². The lowest BCUT2D eigenvalue weighted by atomic mass is 10.1. The van der Waals surface area contributed by atoms with Crippen LogP contribution in [0.2, 0.25) is 0 Å². The summed E-state index contributed by atoms with van der Waals surface area (Å²) in [5.74, 6) is 1.38. The number of anilines is 1. The lowest BCUT2D eigenvalue weighted by Crippen LogP contribution is -2.20. The van der Waals surface area contributed by atoms with Crippen molar-refractivity contribution in [2.45, 2.75) is 20.8 Å². The van der Waals surface area contributed by atoms with Crippen LogP contribution in [0.4, 0.5) is 5.69 Å². The number of hydrogen-bond donors (Lipinski definition) is 1. The summed E-state index contributed by atoms with van der Waals surface area (Å²) in [6, 6.07) is 11.9. The molecule has 2 aromatic carbocycles. The second-order valence-electron chi connectivity index (χ2n) is 5.44. The number of ether oxygens (including phenoxy) is 3. The summed E-state index contributed by atoms with van der Waals surface area (Å²) in [6.07, 6.45) is 0. The van der Waals surface area contributed by atoms with E-state index in [0.717, 1.165) is 0 Å². The van der Waals surface area contributed by atoms with Crippen molar-refractivity contribution >= 4 is 17.4 Å². The molecular formula is C20H23NO5. The van der Waals surface area contributed by atoms with Crippen molar-refractivity contribution in [2.24, 2.45) is 0 Å². The predicted octanol–water partition coefficient (Wildman–Crippen LogP) is 3.70. The summed E-state index contributed by atoms with van der Waals surface area (Å²) < 4.78 is 16.4. The van der Waals surface area contributed by atoms with E-state index in [1.54, 1.807) is 42.5 Å². The second kappa shape index (κ2) is 9.46. The molecule has 2 aromatic rings. The van der Waals surface area contributed by atoms with Gasteiger partial charge in [0.1, 0.15) is 17.2 Å². The highest BCUT2D eigenvalue weighted by Gasteiger charge is 2.11. The maximum absolute atomic E-state index is 12.2. The average molecular weight is 357 g/mol. The van der Waals surface area contributed by atoms with Crippen LogP contribution in [0.1, 0.15) is 31.1 Å². The Bertz CT molecular complexity index is 755. The molecule has 0 radical (unpaired) electrons. The Balaban J connectivity index is 1.99. The zero-order valence-electron chi connectivity index (χ0n) is 15.2. The highest BCUT2D eigenvalue weighted by atomic mass is 16.5. The second-order valence-corrected chi connectivity index (χ2v) is 5.44. The molecule has 6 heteroatoms. The van der Waals surface area contributed by atoms with Gasteiger partial charge in [-0.25, -0.2) is 0 Å². The van der Waals surface area contributed by atoms with Gasteiger partial charge < -0.3 is 19.5 Å². The molecule has 2 rings (SSSR count). The number of carbonyl (C=O) groups excluding carboxylic acids is 2. The predicted molar refractivity (Wildman–Crippen MR) is 99.4 cm³/mol. The van der Waals surface area contributed by atoms with Gasteiger partial charge in [0.2, 0.25) is 0 Å². The van der Waals surface area contributed by atoms with E-state index in [9.17, 15) is 9.59 Å². The van der Waals surface area contributed by atoms with Crippen molar-refractivity contribution in [3.05, 3.63) is 48.0 Å². The fourth-order valence-corrected chi connectivity index (χ4v) is 2.27. The summed E-state index contributed by atoms with van der Waals surface area (Å²) in [5, 5.41) is 2.77. The first-order chi connectivity index (χ1) is 12.5. The van der Waals surface area contributed by atoms with Gasteiger partial charge in [-0.15, -0.1) is 0 Å². The van der Waals surface area contributed by atoms with Gasteiger partial charge in [0.25, 0.3) is 5.91 Å². The van der Waals surface area contributed by atoms with Crippen LogP contribution >= 0.6 is 0 Å². The molecule has 0 saturated carbocycles. The lowest BCUT2D eigenvalue weighted by molar-refractivity contribution is -0.118. The maximum Gasteiger partial charge on any atom is 0.262 e. The van der Waals surface area contributed by atoms with E-state index < -0.39 is 0 Å². The summed E-state index contributed by atoms with van der Waals surface area (Å²) >= 11 is 0. The van der Waals surface area contributed by atoms with E-state index in [-0.39, 0.29) is 18.3 Å². The first-order valence-electron chi connectivity index (χ1n) is 8.46. The van der Waals surface area contributed by atoms with Crippen LogP contribution in [0, 0.1) is 0 Å². The minimum absolute atomic E-state index is 0.0214. The van der Waals surface area contributed by atoms with Gasteiger partial charge in [-0.05, 0) is 57.2 Å². The summed E-state index contributed by atoms with van der Waals surface area (Å²) in [6.45, 7) is 6.10. The number of Topliss-reactive ketones (excluding diaryl/α,β-unsaturated/α-hetero) is 1. The van der Waals surface area contributed by atoms with Gasteiger partial charge >= 0.3 is 0 Å². The van der Waals surface area contributed by atoms with E-state index in [2.05, 4.69) is 5.32 Å². The molecule has 0 aliphatic heterocycles. The van der Waals surface area contributed by atoms with Crippen molar-refractivity contribution in [1.29, 1.82) is 0 Å². The van der Waals surface area contributed by atoms with Crippen LogP contribution < -0.4 is 19.5 Å². The SMILES string of the molecule is CCOc1ccc(OCC)c(NC(=O)COc2ccc(C(C)=O)cc2)c1. The molecule has 0 unspecified atom stereocenters. The number of rotatable bonds is 9. The van der Waals surface area contributed by atoms with Crippen molar-refractivity contribution in [3.63, 3.8) is 0 Å². The van der Waals surface area contributed by atoms with Gasteiger partial charge in [0.05, 0.1) is 18.9 Å². The quantitative estimate of drug-likeness (QED) is 0.693. The van der Waals surface area contributed by atoms with Crippen LogP contribution in [0.5, 0.6) is 17.2 Å². The van der Waals surface area contributed by atoms with Gasteiger partial charge in [-0.2, -0.15) is 0 Å². The number of hydrogen-bond acceptors (Lipinski definition) is 5. The summed E-state index contributed by atoms with van der Waals surface area (Å²) in [7, 11) is 0. The normalized spacial score (nSPS) is 10.1. The number of benzene rings is 2. The van der Waals surface area contributed by atoms with Gasteiger partial charge in [0, 0.05) is 11.6 Å². The third-order valence-corrected chi connectivity index (χ3v) is 3.47. The zero-order chi connectivity index (χ0) is 18.9. The minimum atomic E-state index is -0.324. The van der Waals surface area contributed by atoms with Crippen LogP contribution in [0.15, 0.2) is 42.5 Å². The standard InChI is InChI=1S/C20H23NO5/c1-4-24-17-10-11-19(25-5-2)18(12-17)21-20(23)13-26-16-8-6-15(7-9-16)14(3)22/h6-12H,4-5,13H2,1-3H3,(H,21,23). The van der Waals surface area contributed by atoms with Crippen LogP contribution in [-0.2, 0) is 4.79 Å². The molecular weight excluding hydrogens is 334 g/mol. The summed E-state index contributed by atoms with van der Waals surface area (Å²) in [5.41, 5.74) is 1.12. The number of amides is 1.